The summed E-state index contributed by atoms with van der Waals surface area (Å²) in [6.45, 7) is 3.06. The zero-order chi connectivity index (χ0) is 15.1. The second-order valence-electron chi connectivity index (χ2n) is 4.12. The number of esters is 2. The zero-order valence-electron chi connectivity index (χ0n) is 11.1. The third-order valence-electron chi connectivity index (χ3n) is 2.55. The predicted octanol–water partition coefficient (Wildman–Crippen LogP) is 1.42. The Morgan fingerprint density at radius 3 is 1.47 bits per heavy atom. The fraction of sp³-hybridized carbons (Fsp3) is 0.800. The van der Waals surface area contributed by atoms with Crippen LogP contribution in [-0.4, -0.2) is 46.4 Å². The van der Waals surface area contributed by atoms with E-state index in [0.717, 1.165) is 0 Å². The molecule has 0 aliphatic heterocycles. The van der Waals surface area contributed by atoms with Gasteiger partial charge in [-0.25, -0.2) is 0 Å². The van der Waals surface area contributed by atoms with E-state index in [1.54, 1.807) is 0 Å². The smallest absolute Gasteiger partial charge is 0.313 e. The molecule has 0 heterocycles. The lowest BCUT2D eigenvalue weighted by molar-refractivity contribution is -0.159. The average Bonchev–Trinajstić information content (AvgIpc) is 2.34. The van der Waals surface area contributed by atoms with E-state index in [0.29, 0.717) is 0 Å². The lowest BCUT2D eigenvalue weighted by Gasteiger charge is -2.09. The van der Waals surface area contributed by atoms with Crippen LogP contribution in [0, 0.1) is 0 Å². The minimum atomic E-state index is -3.31. The van der Waals surface area contributed by atoms with E-state index in [4.69, 9.17) is 0 Å². The Bertz CT molecular complexity index is 380. The monoisotopic (exact) mass is 314 g/mol. The van der Waals surface area contributed by atoms with Gasteiger partial charge in [0, 0.05) is 24.6 Å². The number of rotatable bonds is 8. The SMILES string of the molecule is CCP(=O)(O)CCC(=O)OC(=O)CCP(=O)(O)CC. The molecular weight excluding hydrogens is 294 g/mol. The summed E-state index contributed by atoms with van der Waals surface area (Å²) in [5.41, 5.74) is 0. The van der Waals surface area contributed by atoms with Crippen LogP contribution >= 0.6 is 14.7 Å². The number of hydrogen-bond donors (Lipinski definition) is 2. The molecule has 0 aromatic carbocycles. The first-order valence-electron chi connectivity index (χ1n) is 5.97. The van der Waals surface area contributed by atoms with Crippen molar-refractivity contribution in [3.05, 3.63) is 0 Å². The molecule has 0 saturated carbocycles. The van der Waals surface area contributed by atoms with Gasteiger partial charge >= 0.3 is 11.9 Å². The van der Waals surface area contributed by atoms with Crippen molar-refractivity contribution in [2.24, 2.45) is 0 Å². The van der Waals surface area contributed by atoms with Crippen molar-refractivity contribution in [3.63, 3.8) is 0 Å². The molecule has 2 N–H and O–H groups in total. The van der Waals surface area contributed by atoms with Crippen LogP contribution in [-0.2, 0) is 23.5 Å². The van der Waals surface area contributed by atoms with E-state index in [9.17, 15) is 28.5 Å². The minimum absolute atomic E-state index is 0.0540. The number of carbonyl (C=O) groups excluding carboxylic acids is 2. The summed E-state index contributed by atoms with van der Waals surface area (Å²) >= 11 is 0. The van der Waals surface area contributed by atoms with Crippen LogP contribution in [0.3, 0.4) is 0 Å². The molecule has 2 unspecified atom stereocenters. The highest BCUT2D eigenvalue weighted by atomic mass is 31.2. The van der Waals surface area contributed by atoms with Gasteiger partial charge in [0.1, 0.15) is 0 Å². The van der Waals surface area contributed by atoms with Gasteiger partial charge in [0.15, 0.2) is 0 Å². The summed E-state index contributed by atoms with van der Waals surface area (Å²) in [7, 11) is -6.63. The van der Waals surface area contributed by atoms with Crippen molar-refractivity contribution >= 4 is 26.7 Å². The second kappa shape index (κ2) is 7.95. The van der Waals surface area contributed by atoms with E-state index >= 15 is 0 Å². The molecular formula is C10H20O7P2. The van der Waals surface area contributed by atoms with Crippen LogP contribution in [0.1, 0.15) is 26.7 Å². The molecule has 9 heteroatoms. The third-order valence-corrected chi connectivity index (χ3v) is 6.37. The third kappa shape index (κ3) is 9.11. The topological polar surface area (TPSA) is 118 Å². The van der Waals surface area contributed by atoms with Crippen LogP contribution in [0.5, 0.6) is 0 Å². The van der Waals surface area contributed by atoms with E-state index in [2.05, 4.69) is 4.74 Å². The maximum Gasteiger partial charge on any atom is 0.313 e. The first kappa shape index (κ1) is 18.5. The van der Waals surface area contributed by atoms with Crippen LogP contribution in [0.4, 0.5) is 0 Å². The Hall–Kier alpha value is -0.480. The van der Waals surface area contributed by atoms with Crippen molar-refractivity contribution in [2.75, 3.05) is 24.6 Å². The number of carbonyl (C=O) groups is 2. The molecule has 0 aromatic heterocycles. The van der Waals surface area contributed by atoms with Gasteiger partial charge in [-0.15, -0.1) is 0 Å². The molecule has 0 aliphatic rings. The molecule has 0 bridgehead atoms. The molecule has 7 nitrogen and oxygen atoms in total. The maximum atomic E-state index is 11.3. The highest BCUT2D eigenvalue weighted by molar-refractivity contribution is 7.58. The summed E-state index contributed by atoms with van der Waals surface area (Å²) in [6, 6.07) is 0. The Kier molecular flexibility index (Phi) is 7.75. The quantitative estimate of drug-likeness (QED) is 0.395. The Morgan fingerprint density at radius 1 is 0.895 bits per heavy atom. The maximum absolute atomic E-state index is 11.3. The lowest BCUT2D eigenvalue weighted by Crippen LogP contribution is -2.15. The highest BCUT2D eigenvalue weighted by Crippen LogP contribution is 2.41. The molecule has 0 amide bonds. The van der Waals surface area contributed by atoms with E-state index in [1.165, 1.54) is 13.8 Å². The summed E-state index contributed by atoms with van der Waals surface area (Å²) in [6.07, 6.45) is -1.00. The van der Waals surface area contributed by atoms with Crippen LogP contribution in [0.25, 0.3) is 0 Å². The van der Waals surface area contributed by atoms with Crippen molar-refractivity contribution in [1.29, 1.82) is 0 Å². The summed E-state index contributed by atoms with van der Waals surface area (Å²) in [4.78, 5) is 40.9. The van der Waals surface area contributed by atoms with Gasteiger partial charge in [0.05, 0.1) is 12.8 Å². The van der Waals surface area contributed by atoms with Gasteiger partial charge < -0.3 is 14.5 Å². The van der Waals surface area contributed by atoms with E-state index < -0.39 is 26.7 Å². The molecule has 0 spiro atoms. The van der Waals surface area contributed by atoms with Crippen molar-refractivity contribution < 1.29 is 33.2 Å². The van der Waals surface area contributed by atoms with Crippen molar-refractivity contribution in [1.82, 2.24) is 0 Å². The molecule has 0 fully saturated rings. The molecule has 0 radical (unpaired) electrons. The first-order chi connectivity index (χ1) is 8.62. The normalized spacial score (nSPS) is 17.3. The van der Waals surface area contributed by atoms with Crippen LogP contribution in [0.2, 0.25) is 0 Å². The fourth-order valence-electron chi connectivity index (χ4n) is 1.08. The number of ether oxygens (including phenoxy) is 1. The van der Waals surface area contributed by atoms with Crippen molar-refractivity contribution in [3.8, 4) is 0 Å². The molecule has 0 rings (SSSR count). The average molecular weight is 314 g/mol. The van der Waals surface area contributed by atoms with E-state index in [-0.39, 0.29) is 37.5 Å². The summed E-state index contributed by atoms with van der Waals surface area (Å²) in [5, 5.41) is 0. The lowest BCUT2D eigenvalue weighted by atomic mass is 10.4. The summed E-state index contributed by atoms with van der Waals surface area (Å²) in [5.74, 6) is -1.78. The minimum Gasteiger partial charge on any atom is -0.393 e. The Labute approximate surface area is 112 Å². The van der Waals surface area contributed by atoms with Gasteiger partial charge in [-0.1, -0.05) is 13.8 Å². The fourth-order valence-corrected chi connectivity index (χ4v) is 2.77. The van der Waals surface area contributed by atoms with Gasteiger partial charge in [0.25, 0.3) is 0 Å². The van der Waals surface area contributed by atoms with Gasteiger partial charge in [-0.05, 0) is 0 Å². The predicted molar refractivity (Wildman–Crippen MR) is 70.8 cm³/mol. The Morgan fingerprint density at radius 2 is 1.21 bits per heavy atom. The summed E-state index contributed by atoms with van der Waals surface area (Å²) < 4.78 is 26.9. The molecule has 112 valence electrons. The standard InChI is InChI=1S/C10H20O7P2/c1-3-18(13,14)7-5-9(11)17-10(12)6-8-19(15,16)4-2/h3-8H2,1-2H3,(H,13,14)(H,15,16). The van der Waals surface area contributed by atoms with Gasteiger partial charge in [-0.2, -0.15) is 0 Å². The largest absolute Gasteiger partial charge is 0.393 e. The van der Waals surface area contributed by atoms with Gasteiger partial charge in [0.2, 0.25) is 14.7 Å². The number of hydrogen-bond acceptors (Lipinski definition) is 5. The molecule has 19 heavy (non-hydrogen) atoms. The highest BCUT2D eigenvalue weighted by Gasteiger charge is 2.21. The Balaban J connectivity index is 4.04. The molecule has 2 atom stereocenters. The zero-order valence-corrected chi connectivity index (χ0v) is 12.9. The first-order valence-corrected chi connectivity index (χ1v) is 10.0. The van der Waals surface area contributed by atoms with E-state index in [1.807, 2.05) is 0 Å². The second-order valence-corrected chi connectivity index (χ2v) is 9.66. The molecule has 0 aliphatic carbocycles. The molecule has 0 aromatic rings. The van der Waals surface area contributed by atoms with Crippen molar-refractivity contribution in [2.45, 2.75) is 26.7 Å². The van der Waals surface area contributed by atoms with Gasteiger partial charge in [-0.3, -0.25) is 18.7 Å². The molecule has 0 saturated heterocycles. The van der Waals surface area contributed by atoms with Crippen LogP contribution < -0.4 is 0 Å². The van der Waals surface area contributed by atoms with Crippen LogP contribution in [0.15, 0.2) is 0 Å².